The molecule has 9 nitrogen and oxygen atoms in total. The summed E-state index contributed by atoms with van der Waals surface area (Å²) < 4.78 is 5.71. The zero-order chi connectivity index (χ0) is 25.8. The Labute approximate surface area is 213 Å². The molecular formula is C25H41N5O4S. The largest absolute Gasteiger partial charge is 0.444 e. The molecule has 0 bridgehead atoms. The molecule has 3 atom stereocenters. The number of alkyl carbamates (subject to hydrolysis) is 1. The molecule has 2 heterocycles. The maximum Gasteiger partial charge on any atom is 0.407 e. The smallest absolute Gasteiger partial charge is 0.407 e. The number of carbonyl (C=O) groups excluding carboxylic acids is 3. The van der Waals surface area contributed by atoms with Gasteiger partial charge in [-0.05, 0) is 53.0 Å². The topological polar surface area (TPSA) is 104 Å². The molecule has 35 heavy (non-hydrogen) atoms. The number of carbonyl (C=O) groups is 3. The van der Waals surface area contributed by atoms with Gasteiger partial charge in [0.05, 0.1) is 17.8 Å². The second-order valence-electron chi connectivity index (χ2n) is 10.7. The van der Waals surface area contributed by atoms with E-state index < -0.39 is 11.7 Å². The van der Waals surface area contributed by atoms with Gasteiger partial charge in [-0.3, -0.25) is 9.59 Å². The molecule has 0 saturated heterocycles. The maximum atomic E-state index is 13.2. The SMILES string of the molecule is CCCCC(C)(C)OC(=O)N[C@H]1CC[C@H](C(=O)N(C)C)CC1NC(=O)c1nc2c(s1)CN(C)CC2. The van der Waals surface area contributed by atoms with E-state index in [1.165, 1.54) is 11.3 Å². The molecular weight excluding hydrogens is 466 g/mol. The summed E-state index contributed by atoms with van der Waals surface area (Å²) in [4.78, 5) is 48.1. The quantitative estimate of drug-likeness (QED) is 0.560. The summed E-state index contributed by atoms with van der Waals surface area (Å²) in [5.74, 6) is -0.416. The standard InChI is InChI=1S/C25H41N5O4S/c1-7-8-12-25(2,3)34-24(33)28-17-10-9-16(23(32)29(4)5)14-19(17)26-21(31)22-27-18-11-13-30(6)15-20(18)35-22/h16-17,19H,7-15H2,1-6H3,(H,26,31)(H,28,33)/t16-,17-,19?/m0/s1. The first-order valence-electron chi connectivity index (χ1n) is 12.7. The first-order chi connectivity index (χ1) is 16.5. The highest BCUT2D eigenvalue weighted by molar-refractivity contribution is 7.13. The Morgan fingerprint density at radius 2 is 1.94 bits per heavy atom. The molecule has 2 N–H and O–H groups in total. The number of aromatic nitrogens is 1. The predicted octanol–water partition coefficient (Wildman–Crippen LogP) is 3.18. The van der Waals surface area contributed by atoms with Gasteiger partial charge in [0.15, 0.2) is 5.01 Å². The molecule has 3 amide bonds. The molecule has 196 valence electrons. The van der Waals surface area contributed by atoms with Gasteiger partial charge in [-0.1, -0.05) is 13.3 Å². The molecule has 0 spiro atoms. The van der Waals surface area contributed by atoms with Crippen molar-refractivity contribution in [1.29, 1.82) is 0 Å². The monoisotopic (exact) mass is 507 g/mol. The van der Waals surface area contributed by atoms with E-state index in [-0.39, 0.29) is 29.8 Å². The summed E-state index contributed by atoms with van der Waals surface area (Å²) in [6, 6.07) is -0.708. The zero-order valence-corrected chi connectivity index (χ0v) is 22.8. The van der Waals surface area contributed by atoms with Crippen LogP contribution >= 0.6 is 11.3 Å². The minimum absolute atomic E-state index is 0.0405. The van der Waals surface area contributed by atoms with Gasteiger partial charge < -0.3 is 25.2 Å². The number of nitrogens with one attached hydrogen (secondary N) is 2. The Kier molecular flexibility index (Phi) is 9.15. The number of likely N-dealkylation sites (N-methyl/N-ethyl adjacent to an activating group) is 1. The number of nitrogens with zero attached hydrogens (tertiary/aromatic N) is 3. The van der Waals surface area contributed by atoms with Crippen LogP contribution in [0.25, 0.3) is 0 Å². The van der Waals surface area contributed by atoms with E-state index in [1.54, 1.807) is 19.0 Å². The molecule has 1 unspecified atom stereocenters. The van der Waals surface area contributed by atoms with Crippen molar-refractivity contribution in [3.8, 4) is 0 Å². The van der Waals surface area contributed by atoms with Crippen molar-refractivity contribution >= 4 is 29.2 Å². The second-order valence-corrected chi connectivity index (χ2v) is 11.8. The Bertz CT molecular complexity index is 916. The summed E-state index contributed by atoms with van der Waals surface area (Å²) in [5, 5.41) is 6.50. The first kappa shape index (κ1) is 27.4. The average Bonchev–Trinajstić information content (AvgIpc) is 3.21. The fourth-order valence-corrected chi connectivity index (χ4v) is 5.92. The summed E-state index contributed by atoms with van der Waals surface area (Å²) in [5.41, 5.74) is 0.430. The van der Waals surface area contributed by atoms with Crippen LogP contribution in [-0.4, -0.2) is 78.1 Å². The number of fused-ring (bicyclic) bond motifs is 1. The molecule has 2 aliphatic rings. The van der Waals surface area contributed by atoms with Gasteiger partial charge in [0.25, 0.3) is 5.91 Å². The Balaban J connectivity index is 1.70. The van der Waals surface area contributed by atoms with Crippen LogP contribution in [-0.2, 0) is 22.5 Å². The van der Waals surface area contributed by atoms with Gasteiger partial charge in [-0.25, -0.2) is 9.78 Å². The van der Waals surface area contributed by atoms with E-state index >= 15 is 0 Å². The van der Waals surface area contributed by atoms with Gasteiger partial charge in [0, 0.05) is 44.4 Å². The van der Waals surface area contributed by atoms with Gasteiger partial charge in [-0.2, -0.15) is 0 Å². The van der Waals surface area contributed by atoms with Gasteiger partial charge in [0.2, 0.25) is 5.91 Å². The third kappa shape index (κ3) is 7.39. The van der Waals surface area contributed by atoms with E-state index in [9.17, 15) is 14.4 Å². The predicted molar refractivity (Wildman–Crippen MR) is 136 cm³/mol. The van der Waals surface area contributed by atoms with Crippen LogP contribution in [0.15, 0.2) is 0 Å². The molecule has 1 saturated carbocycles. The highest BCUT2D eigenvalue weighted by Gasteiger charge is 2.37. The third-order valence-corrected chi connectivity index (χ3v) is 7.96. The number of amides is 3. The van der Waals surface area contributed by atoms with Crippen LogP contribution in [0.2, 0.25) is 0 Å². The van der Waals surface area contributed by atoms with E-state index in [1.807, 2.05) is 13.8 Å². The first-order valence-corrected chi connectivity index (χ1v) is 13.5. The van der Waals surface area contributed by atoms with E-state index in [0.717, 1.165) is 49.3 Å². The fraction of sp³-hybridized carbons (Fsp3) is 0.760. The van der Waals surface area contributed by atoms with Crippen molar-refractivity contribution in [2.75, 3.05) is 27.7 Å². The average molecular weight is 508 g/mol. The highest BCUT2D eigenvalue weighted by atomic mass is 32.1. The molecule has 1 aliphatic heterocycles. The second kappa shape index (κ2) is 11.7. The number of hydrogen-bond donors (Lipinski definition) is 2. The van der Waals surface area contributed by atoms with Crippen molar-refractivity contribution in [1.82, 2.24) is 25.4 Å². The lowest BCUT2D eigenvalue weighted by Gasteiger charge is -2.37. The zero-order valence-electron chi connectivity index (χ0n) is 22.0. The lowest BCUT2D eigenvalue weighted by molar-refractivity contribution is -0.134. The molecule has 1 aliphatic carbocycles. The van der Waals surface area contributed by atoms with Crippen LogP contribution < -0.4 is 10.6 Å². The van der Waals surface area contributed by atoms with Crippen molar-refractivity contribution < 1.29 is 19.1 Å². The molecule has 0 aromatic carbocycles. The van der Waals surface area contributed by atoms with Crippen LogP contribution in [0.4, 0.5) is 4.79 Å². The van der Waals surface area contributed by atoms with Crippen molar-refractivity contribution in [2.45, 2.75) is 89.9 Å². The summed E-state index contributed by atoms with van der Waals surface area (Å²) in [7, 11) is 5.55. The molecule has 1 fully saturated rings. The van der Waals surface area contributed by atoms with Crippen LogP contribution in [0.5, 0.6) is 0 Å². The summed E-state index contributed by atoms with van der Waals surface area (Å²) in [6.07, 6.45) is 4.83. The van der Waals surface area contributed by atoms with E-state index in [2.05, 4.69) is 34.5 Å². The minimum atomic E-state index is -0.565. The Hall–Kier alpha value is -2.20. The fourth-order valence-electron chi connectivity index (χ4n) is 4.83. The number of ether oxygens (including phenoxy) is 1. The number of thiazole rings is 1. The van der Waals surface area contributed by atoms with Crippen molar-refractivity contribution in [2.24, 2.45) is 5.92 Å². The van der Waals surface area contributed by atoms with Crippen molar-refractivity contribution in [3.63, 3.8) is 0 Å². The molecule has 1 aromatic heterocycles. The van der Waals surface area contributed by atoms with Gasteiger partial charge in [-0.15, -0.1) is 11.3 Å². The van der Waals surface area contributed by atoms with E-state index in [4.69, 9.17) is 4.74 Å². The lowest BCUT2D eigenvalue weighted by atomic mass is 9.81. The third-order valence-electron chi connectivity index (χ3n) is 6.88. The molecule has 3 rings (SSSR count). The van der Waals surface area contributed by atoms with Crippen LogP contribution in [0.3, 0.4) is 0 Å². The van der Waals surface area contributed by atoms with Crippen LogP contribution in [0.1, 0.15) is 79.7 Å². The normalized spacial score (nSPS) is 22.7. The highest BCUT2D eigenvalue weighted by Crippen LogP contribution is 2.29. The number of hydrogen-bond acceptors (Lipinski definition) is 7. The lowest BCUT2D eigenvalue weighted by Crippen LogP contribution is -2.56. The minimum Gasteiger partial charge on any atom is -0.444 e. The van der Waals surface area contributed by atoms with Crippen LogP contribution in [0, 0.1) is 5.92 Å². The Morgan fingerprint density at radius 3 is 2.63 bits per heavy atom. The summed E-state index contributed by atoms with van der Waals surface area (Å²) >= 11 is 1.43. The molecule has 0 radical (unpaired) electrons. The van der Waals surface area contributed by atoms with Crippen molar-refractivity contribution in [3.05, 3.63) is 15.6 Å². The Morgan fingerprint density at radius 1 is 1.20 bits per heavy atom. The van der Waals surface area contributed by atoms with Gasteiger partial charge >= 0.3 is 6.09 Å². The molecule has 1 aromatic rings. The molecule has 10 heteroatoms. The van der Waals surface area contributed by atoms with Gasteiger partial charge in [0.1, 0.15) is 5.60 Å². The number of unbranched alkanes of at least 4 members (excludes halogenated alkanes) is 1. The van der Waals surface area contributed by atoms with E-state index in [0.29, 0.717) is 24.3 Å². The summed E-state index contributed by atoms with van der Waals surface area (Å²) in [6.45, 7) is 7.66. The maximum absolute atomic E-state index is 13.2. The number of rotatable bonds is 8.